The van der Waals surface area contributed by atoms with Crippen molar-refractivity contribution in [1.82, 2.24) is 20.8 Å². The van der Waals surface area contributed by atoms with Crippen LogP contribution < -0.4 is 10.6 Å². The molecule has 2 heterocycles. The maximum absolute atomic E-state index is 11.7. The molecule has 1 saturated heterocycles. The number of aromatic amines is 1. The molecule has 1 aromatic heterocycles. The van der Waals surface area contributed by atoms with Crippen molar-refractivity contribution in [3.8, 4) is 0 Å². The molecule has 2 unspecified atom stereocenters. The highest BCUT2D eigenvalue weighted by molar-refractivity contribution is 5.85. The summed E-state index contributed by atoms with van der Waals surface area (Å²) in [5.74, 6) is 0.0844. The molecule has 1 fully saturated rings. The maximum Gasteiger partial charge on any atom is 0.237 e. The topological polar surface area (TPSA) is 69.8 Å². The van der Waals surface area contributed by atoms with E-state index in [1.54, 1.807) is 12.4 Å². The van der Waals surface area contributed by atoms with Crippen molar-refractivity contribution in [2.75, 3.05) is 6.54 Å². The van der Waals surface area contributed by atoms with Gasteiger partial charge in [-0.15, -0.1) is 12.4 Å². The van der Waals surface area contributed by atoms with Crippen LogP contribution in [0.1, 0.15) is 31.4 Å². The molecule has 1 aromatic rings. The molecule has 6 heteroatoms. The number of hydrogen-bond acceptors (Lipinski definition) is 3. The lowest BCUT2D eigenvalue weighted by molar-refractivity contribution is -0.123. The number of rotatable bonds is 3. The van der Waals surface area contributed by atoms with Crippen molar-refractivity contribution in [1.29, 1.82) is 0 Å². The standard InChI is InChI=1S/C10H16N4O.ClH/c1-7(8-5-12-13-6-8)14-10(15)9-3-2-4-11-9;/h5-7,9,11H,2-4H2,1H3,(H,12,13)(H,14,15);1H. The molecular formula is C10H17ClN4O. The van der Waals surface area contributed by atoms with Crippen molar-refractivity contribution in [2.24, 2.45) is 0 Å². The number of nitrogens with zero attached hydrogens (tertiary/aromatic N) is 1. The Balaban J connectivity index is 0.00000128. The third kappa shape index (κ3) is 2.96. The predicted molar refractivity (Wildman–Crippen MR) is 63.4 cm³/mol. The maximum atomic E-state index is 11.7. The van der Waals surface area contributed by atoms with Crippen molar-refractivity contribution in [3.63, 3.8) is 0 Å². The summed E-state index contributed by atoms with van der Waals surface area (Å²) in [4.78, 5) is 11.7. The summed E-state index contributed by atoms with van der Waals surface area (Å²) in [7, 11) is 0. The Bertz CT molecular complexity index is 322. The van der Waals surface area contributed by atoms with Crippen molar-refractivity contribution < 1.29 is 4.79 Å². The van der Waals surface area contributed by atoms with Crippen LogP contribution in [0.5, 0.6) is 0 Å². The predicted octanol–water partition coefficient (Wildman–Crippen LogP) is 0.761. The molecule has 1 amide bonds. The van der Waals surface area contributed by atoms with E-state index >= 15 is 0 Å². The van der Waals surface area contributed by atoms with Crippen LogP contribution in [0.2, 0.25) is 0 Å². The largest absolute Gasteiger partial charge is 0.348 e. The van der Waals surface area contributed by atoms with Crippen LogP contribution in [0, 0.1) is 0 Å². The minimum absolute atomic E-state index is 0. The van der Waals surface area contributed by atoms with Gasteiger partial charge in [0.1, 0.15) is 0 Å². The average Bonchev–Trinajstić information content (AvgIpc) is 2.91. The molecule has 2 atom stereocenters. The zero-order valence-electron chi connectivity index (χ0n) is 9.19. The summed E-state index contributed by atoms with van der Waals surface area (Å²) in [6.07, 6.45) is 5.54. The number of carbonyl (C=O) groups excluding carboxylic acids is 1. The molecule has 5 nitrogen and oxygen atoms in total. The van der Waals surface area contributed by atoms with Gasteiger partial charge in [-0.05, 0) is 26.3 Å². The molecule has 16 heavy (non-hydrogen) atoms. The van der Waals surface area contributed by atoms with Gasteiger partial charge >= 0.3 is 0 Å². The van der Waals surface area contributed by atoms with Crippen LogP contribution in [0.4, 0.5) is 0 Å². The van der Waals surface area contributed by atoms with Crippen molar-refractivity contribution in [2.45, 2.75) is 31.8 Å². The van der Waals surface area contributed by atoms with E-state index in [0.29, 0.717) is 0 Å². The monoisotopic (exact) mass is 244 g/mol. The second-order valence-corrected chi connectivity index (χ2v) is 3.91. The fourth-order valence-corrected chi connectivity index (χ4v) is 1.80. The lowest BCUT2D eigenvalue weighted by atomic mass is 10.1. The Morgan fingerprint density at radius 3 is 3.06 bits per heavy atom. The number of hydrogen-bond donors (Lipinski definition) is 3. The van der Waals surface area contributed by atoms with Crippen LogP contribution in [0.3, 0.4) is 0 Å². The number of amides is 1. The highest BCUT2D eigenvalue weighted by atomic mass is 35.5. The van der Waals surface area contributed by atoms with Gasteiger partial charge in [0.15, 0.2) is 0 Å². The summed E-state index contributed by atoms with van der Waals surface area (Å²) in [6.45, 7) is 2.90. The summed E-state index contributed by atoms with van der Waals surface area (Å²) in [5, 5.41) is 12.7. The molecule has 2 rings (SSSR count). The van der Waals surface area contributed by atoms with Gasteiger partial charge in [-0.3, -0.25) is 9.89 Å². The number of halogens is 1. The summed E-state index contributed by atoms with van der Waals surface area (Å²) >= 11 is 0. The number of carbonyl (C=O) groups is 1. The van der Waals surface area contributed by atoms with E-state index in [0.717, 1.165) is 24.9 Å². The molecule has 90 valence electrons. The molecule has 1 aliphatic rings. The van der Waals surface area contributed by atoms with Gasteiger partial charge in [-0.25, -0.2) is 0 Å². The van der Waals surface area contributed by atoms with E-state index in [1.807, 2.05) is 6.92 Å². The average molecular weight is 245 g/mol. The second kappa shape index (κ2) is 5.86. The van der Waals surface area contributed by atoms with Gasteiger partial charge in [0.2, 0.25) is 5.91 Å². The molecule has 0 aromatic carbocycles. The number of nitrogens with one attached hydrogen (secondary N) is 3. The van der Waals surface area contributed by atoms with Gasteiger partial charge in [0.25, 0.3) is 0 Å². The Labute approximate surface area is 101 Å². The molecule has 0 saturated carbocycles. The van der Waals surface area contributed by atoms with Crippen molar-refractivity contribution in [3.05, 3.63) is 18.0 Å². The highest BCUT2D eigenvalue weighted by Crippen LogP contribution is 2.11. The van der Waals surface area contributed by atoms with E-state index < -0.39 is 0 Å². The Kier molecular flexibility index (Phi) is 4.76. The Morgan fingerprint density at radius 1 is 1.69 bits per heavy atom. The van der Waals surface area contributed by atoms with Gasteiger partial charge in [-0.2, -0.15) is 5.10 Å². The summed E-state index contributed by atoms with van der Waals surface area (Å²) in [5.41, 5.74) is 1.00. The molecule has 0 aliphatic carbocycles. The smallest absolute Gasteiger partial charge is 0.237 e. The Hall–Kier alpha value is -1.07. The van der Waals surface area contributed by atoms with E-state index in [1.165, 1.54) is 0 Å². The van der Waals surface area contributed by atoms with Crippen LogP contribution in [-0.2, 0) is 4.79 Å². The first-order valence-corrected chi connectivity index (χ1v) is 5.30. The second-order valence-electron chi connectivity index (χ2n) is 3.91. The van der Waals surface area contributed by atoms with Gasteiger partial charge in [0.05, 0.1) is 18.3 Å². The summed E-state index contributed by atoms with van der Waals surface area (Å²) in [6, 6.07) is -0.00185. The minimum Gasteiger partial charge on any atom is -0.348 e. The first-order valence-electron chi connectivity index (χ1n) is 5.30. The molecule has 3 N–H and O–H groups in total. The van der Waals surface area contributed by atoms with Crippen molar-refractivity contribution >= 4 is 18.3 Å². The summed E-state index contributed by atoms with van der Waals surface area (Å²) < 4.78 is 0. The van der Waals surface area contributed by atoms with Gasteiger partial charge in [0, 0.05) is 11.8 Å². The number of aromatic nitrogens is 2. The third-order valence-corrected chi connectivity index (χ3v) is 2.75. The molecular weight excluding hydrogens is 228 g/mol. The van der Waals surface area contributed by atoms with Crippen LogP contribution >= 0.6 is 12.4 Å². The van der Waals surface area contributed by atoms with Crippen LogP contribution in [0.25, 0.3) is 0 Å². The zero-order chi connectivity index (χ0) is 10.7. The zero-order valence-corrected chi connectivity index (χ0v) is 10.0. The molecule has 1 aliphatic heterocycles. The van der Waals surface area contributed by atoms with E-state index in [9.17, 15) is 4.79 Å². The van der Waals surface area contributed by atoms with Gasteiger partial charge < -0.3 is 10.6 Å². The minimum atomic E-state index is -0.0145. The highest BCUT2D eigenvalue weighted by Gasteiger charge is 2.23. The molecule has 0 spiro atoms. The molecule has 0 bridgehead atoms. The van der Waals surface area contributed by atoms with E-state index in [-0.39, 0.29) is 30.4 Å². The quantitative estimate of drug-likeness (QED) is 0.735. The number of H-pyrrole nitrogens is 1. The van der Waals surface area contributed by atoms with E-state index in [2.05, 4.69) is 20.8 Å². The van der Waals surface area contributed by atoms with E-state index in [4.69, 9.17) is 0 Å². The fraction of sp³-hybridized carbons (Fsp3) is 0.600. The SMILES string of the molecule is CC(NC(=O)C1CCCN1)c1cn[nH]c1.Cl. The fourth-order valence-electron chi connectivity index (χ4n) is 1.80. The third-order valence-electron chi connectivity index (χ3n) is 2.75. The van der Waals surface area contributed by atoms with Crippen LogP contribution in [0.15, 0.2) is 12.4 Å². The Morgan fingerprint density at radius 2 is 2.50 bits per heavy atom. The normalized spacial score (nSPS) is 21.2. The first kappa shape index (κ1) is 13.0. The lowest BCUT2D eigenvalue weighted by Crippen LogP contribution is -2.41. The van der Waals surface area contributed by atoms with Gasteiger partial charge in [-0.1, -0.05) is 0 Å². The molecule has 0 radical (unpaired) electrons. The lowest BCUT2D eigenvalue weighted by Gasteiger charge is -2.15. The van der Waals surface area contributed by atoms with Crippen LogP contribution in [-0.4, -0.2) is 28.7 Å². The first-order chi connectivity index (χ1) is 7.27.